The molecule has 132 valence electrons. The summed E-state index contributed by atoms with van der Waals surface area (Å²) < 4.78 is 10.3. The second-order valence-electron chi connectivity index (χ2n) is 7.20. The van der Waals surface area contributed by atoms with Crippen molar-refractivity contribution >= 4 is 29.6 Å². The molecule has 0 unspecified atom stereocenters. The van der Waals surface area contributed by atoms with Crippen molar-refractivity contribution in [2.75, 3.05) is 7.05 Å². The molecule has 0 bridgehead atoms. The number of ether oxygens (including phenoxy) is 2. The van der Waals surface area contributed by atoms with E-state index < -0.39 is 46.4 Å². The lowest BCUT2D eigenvalue weighted by Crippen LogP contribution is -2.34. The Morgan fingerprint density at radius 3 is 1.88 bits per heavy atom. The van der Waals surface area contributed by atoms with E-state index in [4.69, 9.17) is 9.47 Å². The molecule has 0 radical (unpaired) electrons. The standard InChI is InChI=1S/C16H22N2O6/c1-15(2,3)23-10(19)8-9(13(21)24-16(4,5)6)11-12(20)18(7)14(22)17-11/h8H,1-7H3/b9-8+. The van der Waals surface area contributed by atoms with Gasteiger partial charge in [0.2, 0.25) is 0 Å². The number of urea groups is 1. The highest BCUT2D eigenvalue weighted by atomic mass is 16.6. The summed E-state index contributed by atoms with van der Waals surface area (Å²) >= 11 is 0. The van der Waals surface area contributed by atoms with Gasteiger partial charge in [-0.1, -0.05) is 0 Å². The van der Waals surface area contributed by atoms with Gasteiger partial charge in [0, 0.05) is 13.1 Å². The van der Waals surface area contributed by atoms with Crippen molar-refractivity contribution in [1.29, 1.82) is 0 Å². The molecule has 8 nitrogen and oxygen atoms in total. The zero-order valence-corrected chi connectivity index (χ0v) is 14.9. The Balaban J connectivity index is 3.26. The Bertz CT molecular complexity index is 646. The zero-order chi connectivity index (χ0) is 18.9. The minimum Gasteiger partial charge on any atom is -0.457 e. The third-order valence-corrected chi connectivity index (χ3v) is 2.54. The molecule has 1 rings (SSSR count). The molecule has 0 aliphatic carbocycles. The van der Waals surface area contributed by atoms with Crippen LogP contribution in [0.25, 0.3) is 0 Å². The van der Waals surface area contributed by atoms with Crippen molar-refractivity contribution in [3.05, 3.63) is 11.6 Å². The van der Waals surface area contributed by atoms with Crippen molar-refractivity contribution in [2.45, 2.75) is 52.7 Å². The number of carbonyl (C=O) groups excluding carboxylic acids is 4. The quantitative estimate of drug-likeness (QED) is 0.572. The molecule has 0 atom stereocenters. The van der Waals surface area contributed by atoms with Crippen LogP contribution in [0.5, 0.6) is 0 Å². The van der Waals surface area contributed by atoms with Crippen molar-refractivity contribution in [2.24, 2.45) is 4.99 Å². The monoisotopic (exact) mass is 338 g/mol. The number of nitrogens with zero attached hydrogens (tertiary/aromatic N) is 2. The smallest absolute Gasteiger partial charge is 0.351 e. The van der Waals surface area contributed by atoms with Crippen LogP contribution in [-0.4, -0.2) is 52.7 Å². The van der Waals surface area contributed by atoms with E-state index in [-0.39, 0.29) is 0 Å². The normalized spacial score (nSPS) is 16.2. The predicted octanol–water partition coefficient (Wildman–Crippen LogP) is 1.63. The highest BCUT2D eigenvalue weighted by Crippen LogP contribution is 2.18. The molecule has 0 aromatic heterocycles. The maximum atomic E-state index is 12.3. The van der Waals surface area contributed by atoms with Crippen molar-refractivity contribution in [3.8, 4) is 0 Å². The van der Waals surface area contributed by atoms with Crippen LogP contribution < -0.4 is 0 Å². The zero-order valence-electron chi connectivity index (χ0n) is 14.9. The van der Waals surface area contributed by atoms with Crippen molar-refractivity contribution in [1.82, 2.24) is 4.90 Å². The minimum atomic E-state index is -0.941. The van der Waals surface area contributed by atoms with Crippen LogP contribution in [-0.2, 0) is 23.9 Å². The lowest BCUT2D eigenvalue weighted by Gasteiger charge is -2.21. The highest BCUT2D eigenvalue weighted by Gasteiger charge is 2.37. The van der Waals surface area contributed by atoms with Crippen LogP contribution in [0.4, 0.5) is 4.79 Å². The molecule has 8 heteroatoms. The second kappa shape index (κ2) is 6.54. The van der Waals surface area contributed by atoms with Gasteiger partial charge in [-0.2, -0.15) is 4.99 Å². The van der Waals surface area contributed by atoms with Gasteiger partial charge in [-0.15, -0.1) is 0 Å². The van der Waals surface area contributed by atoms with E-state index >= 15 is 0 Å². The van der Waals surface area contributed by atoms with Gasteiger partial charge in [0.15, 0.2) is 0 Å². The van der Waals surface area contributed by atoms with Gasteiger partial charge in [-0.3, -0.25) is 9.69 Å². The minimum absolute atomic E-state index is 0.415. The van der Waals surface area contributed by atoms with Gasteiger partial charge in [-0.25, -0.2) is 14.4 Å². The van der Waals surface area contributed by atoms with E-state index in [9.17, 15) is 19.2 Å². The van der Waals surface area contributed by atoms with E-state index in [0.717, 1.165) is 11.0 Å². The Labute approximate surface area is 140 Å². The highest BCUT2D eigenvalue weighted by molar-refractivity contribution is 6.56. The molecule has 0 aromatic rings. The molecule has 0 saturated heterocycles. The number of aliphatic imine (C=N–C) groups is 1. The van der Waals surface area contributed by atoms with Gasteiger partial charge in [0.1, 0.15) is 16.9 Å². The Morgan fingerprint density at radius 2 is 1.50 bits per heavy atom. The summed E-state index contributed by atoms with van der Waals surface area (Å²) in [5.41, 5.74) is -2.51. The number of hydrogen-bond acceptors (Lipinski definition) is 6. The van der Waals surface area contributed by atoms with Crippen molar-refractivity contribution in [3.63, 3.8) is 0 Å². The van der Waals surface area contributed by atoms with Crippen LogP contribution >= 0.6 is 0 Å². The van der Waals surface area contributed by atoms with Crippen molar-refractivity contribution < 1.29 is 28.7 Å². The number of esters is 2. The summed E-state index contributed by atoms with van der Waals surface area (Å²) in [6.07, 6.45) is 0.822. The van der Waals surface area contributed by atoms with Crippen LogP contribution in [0.1, 0.15) is 41.5 Å². The maximum absolute atomic E-state index is 12.3. The van der Waals surface area contributed by atoms with Crippen LogP contribution in [0.15, 0.2) is 16.6 Å². The average Bonchev–Trinajstić information content (AvgIpc) is 2.59. The molecule has 0 N–H and O–H groups in total. The summed E-state index contributed by atoms with van der Waals surface area (Å²) in [6, 6.07) is -0.825. The molecule has 3 amide bonds. The largest absolute Gasteiger partial charge is 0.457 e. The molecular weight excluding hydrogens is 316 g/mol. The van der Waals surface area contributed by atoms with E-state index in [2.05, 4.69) is 4.99 Å². The molecule has 0 spiro atoms. The summed E-state index contributed by atoms with van der Waals surface area (Å²) in [4.78, 5) is 52.2. The molecular formula is C16H22N2O6. The average molecular weight is 338 g/mol. The first kappa shape index (κ1) is 19.5. The SMILES string of the molecule is CN1C(=O)N=C(/C(=C\C(=O)OC(C)(C)C)C(=O)OC(C)(C)C)C1=O. The van der Waals surface area contributed by atoms with E-state index in [0.29, 0.717) is 0 Å². The van der Waals surface area contributed by atoms with E-state index in [1.807, 2.05) is 0 Å². The molecule has 1 aliphatic rings. The number of carbonyl (C=O) groups is 4. The summed E-state index contributed by atoms with van der Waals surface area (Å²) in [5.74, 6) is -2.58. The maximum Gasteiger partial charge on any atom is 0.351 e. The lowest BCUT2D eigenvalue weighted by molar-refractivity contribution is -0.152. The summed E-state index contributed by atoms with van der Waals surface area (Å²) in [7, 11) is 1.22. The van der Waals surface area contributed by atoms with Gasteiger partial charge in [0.05, 0.1) is 5.57 Å². The molecule has 0 saturated carbocycles. The number of hydrogen-bond donors (Lipinski definition) is 0. The Kier molecular flexibility index (Phi) is 5.33. The summed E-state index contributed by atoms with van der Waals surface area (Å²) in [6.45, 7) is 9.85. The predicted molar refractivity (Wildman–Crippen MR) is 85.4 cm³/mol. The fourth-order valence-electron chi connectivity index (χ4n) is 1.65. The van der Waals surface area contributed by atoms with Crippen LogP contribution in [0.3, 0.4) is 0 Å². The fourth-order valence-corrected chi connectivity index (χ4v) is 1.65. The second-order valence-corrected chi connectivity index (χ2v) is 7.20. The number of imide groups is 1. The lowest BCUT2D eigenvalue weighted by atomic mass is 10.1. The Morgan fingerprint density at radius 1 is 1.00 bits per heavy atom. The van der Waals surface area contributed by atoms with Crippen LogP contribution in [0.2, 0.25) is 0 Å². The van der Waals surface area contributed by atoms with E-state index in [1.165, 1.54) is 7.05 Å². The topological polar surface area (TPSA) is 102 Å². The first-order chi connectivity index (χ1) is 10.7. The molecule has 0 fully saturated rings. The number of rotatable bonds is 3. The van der Waals surface area contributed by atoms with E-state index in [1.54, 1.807) is 41.5 Å². The van der Waals surface area contributed by atoms with Gasteiger partial charge < -0.3 is 9.47 Å². The number of amides is 3. The molecule has 1 aliphatic heterocycles. The van der Waals surface area contributed by atoms with Gasteiger partial charge in [0.25, 0.3) is 5.91 Å². The van der Waals surface area contributed by atoms with Crippen LogP contribution in [0, 0.1) is 0 Å². The van der Waals surface area contributed by atoms with Gasteiger partial charge in [-0.05, 0) is 41.5 Å². The third kappa shape index (κ3) is 5.29. The molecule has 1 heterocycles. The first-order valence-electron chi connectivity index (χ1n) is 7.30. The Hall–Kier alpha value is -2.51. The summed E-state index contributed by atoms with van der Waals surface area (Å²) in [5, 5.41) is 0. The third-order valence-electron chi connectivity index (χ3n) is 2.54. The molecule has 0 aromatic carbocycles. The fraction of sp³-hybridized carbons (Fsp3) is 0.562. The molecule has 24 heavy (non-hydrogen) atoms. The first-order valence-corrected chi connectivity index (χ1v) is 7.30. The van der Waals surface area contributed by atoms with Gasteiger partial charge >= 0.3 is 18.0 Å².